The molecule has 1 N–H and O–H groups in total. The molecule has 1 atom stereocenters. The molecule has 4 rings (SSSR count). The molecule has 1 spiro atoms. The van der Waals surface area contributed by atoms with Crippen LogP contribution in [-0.4, -0.2) is 39.3 Å². The van der Waals surface area contributed by atoms with Crippen molar-refractivity contribution >= 4 is 26.3 Å². The minimum Gasteiger partial charge on any atom is -0.370 e. The van der Waals surface area contributed by atoms with Crippen molar-refractivity contribution < 1.29 is 4.21 Å². The second-order valence-corrected chi connectivity index (χ2v) is 9.37. The van der Waals surface area contributed by atoms with Gasteiger partial charge in [-0.15, -0.1) is 0 Å². The van der Waals surface area contributed by atoms with E-state index in [0.717, 1.165) is 36.8 Å². The Hall–Kier alpha value is -1.69. The van der Waals surface area contributed by atoms with Crippen LogP contribution >= 0.6 is 0 Å². The SMILES string of the molecule is CS(=N)(=O)CC1CC2(C1)CN(c1ccnc3cnccc13)C2. The quantitative estimate of drug-likeness (QED) is 0.944. The van der Waals surface area contributed by atoms with E-state index in [9.17, 15) is 4.21 Å². The molecule has 3 heterocycles. The molecule has 2 fully saturated rings. The molecule has 0 radical (unpaired) electrons. The van der Waals surface area contributed by atoms with E-state index in [1.54, 1.807) is 12.5 Å². The van der Waals surface area contributed by atoms with Crippen LogP contribution in [0.2, 0.25) is 0 Å². The number of anilines is 1. The van der Waals surface area contributed by atoms with Crippen LogP contribution in [-0.2, 0) is 9.73 Å². The number of pyridine rings is 2. The van der Waals surface area contributed by atoms with E-state index in [0.29, 0.717) is 17.1 Å². The van der Waals surface area contributed by atoms with Gasteiger partial charge in [0.05, 0.1) is 11.7 Å². The van der Waals surface area contributed by atoms with Crippen LogP contribution in [0.25, 0.3) is 10.9 Å². The zero-order valence-electron chi connectivity index (χ0n) is 12.7. The van der Waals surface area contributed by atoms with Crippen LogP contribution in [0.5, 0.6) is 0 Å². The molecule has 6 heteroatoms. The number of aromatic nitrogens is 2. The largest absolute Gasteiger partial charge is 0.370 e. The minimum atomic E-state index is -2.34. The van der Waals surface area contributed by atoms with Gasteiger partial charge in [-0.1, -0.05) is 0 Å². The van der Waals surface area contributed by atoms with E-state index in [-0.39, 0.29) is 0 Å². The molecule has 1 saturated heterocycles. The van der Waals surface area contributed by atoms with E-state index >= 15 is 0 Å². The highest BCUT2D eigenvalue weighted by Crippen LogP contribution is 2.53. The van der Waals surface area contributed by atoms with Crippen LogP contribution in [0, 0.1) is 16.1 Å². The number of hydrogen-bond donors (Lipinski definition) is 1. The van der Waals surface area contributed by atoms with E-state index in [1.807, 2.05) is 18.5 Å². The molecule has 1 aliphatic carbocycles. The Morgan fingerprint density at radius 3 is 2.86 bits per heavy atom. The average Bonchev–Trinajstić information content (AvgIpc) is 2.38. The lowest BCUT2D eigenvalue weighted by Crippen LogP contribution is -2.63. The summed E-state index contributed by atoms with van der Waals surface area (Å²) in [5.41, 5.74) is 2.58. The van der Waals surface area contributed by atoms with E-state index in [2.05, 4.69) is 20.9 Å². The molecule has 2 aromatic rings. The van der Waals surface area contributed by atoms with Crippen LogP contribution in [0.1, 0.15) is 12.8 Å². The summed E-state index contributed by atoms with van der Waals surface area (Å²) < 4.78 is 19.2. The van der Waals surface area contributed by atoms with Gasteiger partial charge in [0.1, 0.15) is 0 Å². The third-order valence-corrected chi connectivity index (χ3v) is 6.02. The maximum Gasteiger partial charge on any atom is 0.0905 e. The number of rotatable bonds is 3. The van der Waals surface area contributed by atoms with Gasteiger partial charge >= 0.3 is 0 Å². The molecule has 1 aliphatic heterocycles. The summed E-state index contributed by atoms with van der Waals surface area (Å²) in [6, 6.07) is 4.10. The molecule has 0 aromatic carbocycles. The normalized spacial score (nSPS) is 23.0. The Morgan fingerprint density at radius 2 is 2.14 bits per heavy atom. The molecule has 1 saturated carbocycles. The van der Waals surface area contributed by atoms with Gasteiger partial charge in [-0.25, -0.2) is 0 Å². The summed E-state index contributed by atoms with van der Waals surface area (Å²) in [5, 5.41) is 1.16. The Kier molecular flexibility index (Phi) is 2.95. The molecule has 5 nitrogen and oxygen atoms in total. The van der Waals surface area contributed by atoms with E-state index in [4.69, 9.17) is 4.78 Å². The maximum absolute atomic E-state index is 11.6. The molecule has 0 amide bonds. The molecular formula is C16H20N4OS. The van der Waals surface area contributed by atoms with Gasteiger partial charge in [0.25, 0.3) is 0 Å². The lowest BCUT2D eigenvalue weighted by molar-refractivity contribution is 0.0358. The van der Waals surface area contributed by atoms with E-state index in [1.165, 1.54) is 5.69 Å². The van der Waals surface area contributed by atoms with E-state index < -0.39 is 9.73 Å². The Labute approximate surface area is 130 Å². The van der Waals surface area contributed by atoms with Crippen LogP contribution in [0.3, 0.4) is 0 Å². The third-order valence-electron chi connectivity index (χ3n) is 4.91. The summed E-state index contributed by atoms with van der Waals surface area (Å²) >= 11 is 0. The van der Waals surface area contributed by atoms with Crippen LogP contribution in [0.15, 0.2) is 30.7 Å². The smallest absolute Gasteiger partial charge is 0.0905 e. The van der Waals surface area contributed by atoms with Gasteiger partial charge in [-0.3, -0.25) is 19.0 Å². The fourth-order valence-electron chi connectivity index (χ4n) is 4.18. The molecule has 116 valence electrons. The molecule has 1 unspecified atom stereocenters. The summed E-state index contributed by atoms with van der Waals surface area (Å²) in [7, 11) is -2.34. The first kappa shape index (κ1) is 13.9. The first-order chi connectivity index (χ1) is 10.4. The van der Waals surface area contributed by atoms with Crippen molar-refractivity contribution in [2.45, 2.75) is 12.8 Å². The van der Waals surface area contributed by atoms with Gasteiger partial charge in [0.2, 0.25) is 0 Å². The van der Waals surface area contributed by atoms with Gasteiger partial charge in [0.15, 0.2) is 0 Å². The molecule has 22 heavy (non-hydrogen) atoms. The van der Waals surface area contributed by atoms with Gasteiger partial charge in [0, 0.05) is 63.7 Å². The highest BCUT2D eigenvalue weighted by Gasteiger charge is 2.52. The zero-order valence-corrected chi connectivity index (χ0v) is 13.5. The maximum atomic E-state index is 11.6. The second kappa shape index (κ2) is 4.65. The topological polar surface area (TPSA) is 69.9 Å². The van der Waals surface area contributed by atoms with Crippen molar-refractivity contribution in [1.82, 2.24) is 9.97 Å². The van der Waals surface area contributed by atoms with Crippen molar-refractivity contribution in [3.8, 4) is 0 Å². The lowest BCUT2D eigenvalue weighted by atomic mass is 9.58. The minimum absolute atomic E-state index is 0.401. The molecular weight excluding hydrogens is 296 g/mol. The zero-order chi connectivity index (χ0) is 15.4. The van der Waals surface area contributed by atoms with Crippen molar-refractivity contribution in [3.05, 3.63) is 30.7 Å². The summed E-state index contributed by atoms with van der Waals surface area (Å²) in [6.45, 7) is 2.13. The Balaban J connectivity index is 1.46. The average molecular weight is 316 g/mol. The fourth-order valence-corrected chi connectivity index (χ4v) is 5.32. The van der Waals surface area contributed by atoms with Gasteiger partial charge in [-0.05, 0) is 30.9 Å². The number of nitrogens with zero attached hydrogens (tertiary/aromatic N) is 3. The molecule has 2 aliphatic rings. The van der Waals surface area contributed by atoms with Crippen molar-refractivity contribution in [3.63, 3.8) is 0 Å². The Morgan fingerprint density at radius 1 is 1.36 bits per heavy atom. The summed E-state index contributed by atoms with van der Waals surface area (Å²) in [4.78, 5) is 10.9. The van der Waals surface area contributed by atoms with Crippen LogP contribution in [0.4, 0.5) is 5.69 Å². The molecule has 0 bridgehead atoms. The lowest BCUT2D eigenvalue weighted by Gasteiger charge is -2.60. The van der Waals surface area contributed by atoms with Gasteiger partial charge < -0.3 is 4.90 Å². The fraction of sp³-hybridized carbons (Fsp3) is 0.500. The highest BCUT2D eigenvalue weighted by molar-refractivity contribution is 7.91. The molecule has 2 aromatic heterocycles. The predicted octanol–water partition coefficient (Wildman–Crippen LogP) is 2.52. The highest BCUT2D eigenvalue weighted by atomic mass is 32.2. The van der Waals surface area contributed by atoms with Crippen molar-refractivity contribution in [2.24, 2.45) is 11.3 Å². The summed E-state index contributed by atoms with van der Waals surface area (Å²) in [5.74, 6) is 1.05. The van der Waals surface area contributed by atoms with Crippen molar-refractivity contribution in [1.29, 1.82) is 4.78 Å². The van der Waals surface area contributed by atoms with Crippen LogP contribution < -0.4 is 4.90 Å². The van der Waals surface area contributed by atoms with Gasteiger partial charge in [-0.2, -0.15) is 0 Å². The standard InChI is InChI=1S/C16H20N4OS/c1-22(17,21)9-12-6-16(7-12)10-20(11-16)15-3-5-19-14-8-18-4-2-13(14)15/h2-5,8,12,17H,6-7,9-11H2,1H3. The van der Waals surface area contributed by atoms with Crippen molar-refractivity contribution in [2.75, 3.05) is 30.0 Å². The number of nitrogens with one attached hydrogen (secondary N) is 1. The first-order valence-corrected chi connectivity index (χ1v) is 9.73. The summed E-state index contributed by atoms with van der Waals surface area (Å²) in [6.07, 6.45) is 9.27. The Bertz CT molecular complexity index is 814. The predicted molar refractivity (Wildman–Crippen MR) is 88.6 cm³/mol. The number of hydrogen-bond acceptors (Lipinski definition) is 5. The first-order valence-electron chi connectivity index (χ1n) is 7.59. The number of fused-ring (bicyclic) bond motifs is 1. The second-order valence-electron chi connectivity index (χ2n) is 7.02. The monoisotopic (exact) mass is 316 g/mol. The third kappa shape index (κ3) is 2.35.